The minimum absolute atomic E-state index is 0.249. The summed E-state index contributed by atoms with van der Waals surface area (Å²) in [7, 11) is -1.70. The van der Waals surface area contributed by atoms with E-state index in [1.807, 2.05) is 37.6 Å². The van der Waals surface area contributed by atoms with Crippen molar-refractivity contribution in [3.63, 3.8) is 0 Å². The Labute approximate surface area is 137 Å². The van der Waals surface area contributed by atoms with Gasteiger partial charge in [0.2, 0.25) is 10.0 Å². The minimum atomic E-state index is -3.55. The summed E-state index contributed by atoms with van der Waals surface area (Å²) in [5.74, 6) is 0.707. The largest absolute Gasteiger partial charge is 0.319 e. The van der Waals surface area contributed by atoms with Crippen molar-refractivity contribution in [2.24, 2.45) is 7.05 Å². The summed E-state index contributed by atoms with van der Waals surface area (Å²) in [5.41, 5.74) is 1.72. The van der Waals surface area contributed by atoms with E-state index >= 15 is 0 Å². The molecule has 1 aromatic carbocycles. The van der Waals surface area contributed by atoms with Crippen LogP contribution in [0.5, 0.6) is 0 Å². The predicted octanol–water partition coefficient (Wildman–Crippen LogP) is 2.35. The number of aryl methyl sites for hydroxylation is 3. The molecule has 0 bridgehead atoms. The molecule has 2 heterocycles. The number of nitrogens with zero attached hydrogens (tertiary/aromatic N) is 4. The van der Waals surface area contributed by atoms with Gasteiger partial charge >= 0.3 is 0 Å². The van der Waals surface area contributed by atoms with Gasteiger partial charge in [0.1, 0.15) is 6.33 Å². The molecule has 3 rings (SSSR count). The van der Waals surface area contributed by atoms with Crippen LogP contribution in [0, 0.1) is 13.8 Å². The molecule has 0 radical (unpaired) electrons. The van der Waals surface area contributed by atoms with Crippen LogP contribution in [0.25, 0.3) is 0 Å². The van der Waals surface area contributed by atoms with Gasteiger partial charge in [-0.05, 0) is 43.9 Å². The van der Waals surface area contributed by atoms with Crippen LogP contribution >= 0.6 is 0 Å². The molecular formula is C16H22N4O2S. The summed E-state index contributed by atoms with van der Waals surface area (Å²) in [4.78, 5) is 0.395. The normalized spacial score (nSPS) is 19.9. The van der Waals surface area contributed by atoms with Crippen molar-refractivity contribution in [1.29, 1.82) is 0 Å². The minimum Gasteiger partial charge on any atom is -0.319 e. The molecule has 1 saturated heterocycles. The van der Waals surface area contributed by atoms with Gasteiger partial charge in [-0.2, -0.15) is 4.31 Å². The highest BCUT2D eigenvalue weighted by Crippen LogP contribution is 2.35. The van der Waals surface area contributed by atoms with Crippen molar-refractivity contribution in [1.82, 2.24) is 19.1 Å². The lowest BCUT2D eigenvalue weighted by molar-refractivity contribution is 0.242. The number of hydrogen-bond donors (Lipinski definition) is 0. The zero-order chi connectivity index (χ0) is 16.6. The Hall–Kier alpha value is -1.73. The molecule has 23 heavy (non-hydrogen) atoms. The molecule has 0 saturated carbocycles. The third-order valence-corrected chi connectivity index (χ3v) is 6.48. The number of benzene rings is 1. The fourth-order valence-electron chi connectivity index (χ4n) is 3.16. The van der Waals surface area contributed by atoms with Gasteiger partial charge in [-0.1, -0.05) is 18.6 Å². The average molecular weight is 334 g/mol. The van der Waals surface area contributed by atoms with Gasteiger partial charge in [0.05, 0.1) is 10.9 Å². The quantitative estimate of drug-likeness (QED) is 0.864. The van der Waals surface area contributed by atoms with Crippen LogP contribution < -0.4 is 0 Å². The first kappa shape index (κ1) is 16.1. The molecule has 124 valence electrons. The first-order chi connectivity index (χ1) is 10.9. The highest BCUT2D eigenvalue weighted by molar-refractivity contribution is 7.89. The van der Waals surface area contributed by atoms with Gasteiger partial charge in [-0.15, -0.1) is 10.2 Å². The number of piperidine rings is 1. The molecule has 2 aromatic rings. The first-order valence-corrected chi connectivity index (χ1v) is 9.28. The van der Waals surface area contributed by atoms with E-state index in [4.69, 9.17) is 0 Å². The molecule has 1 fully saturated rings. The van der Waals surface area contributed by atoms with Crippen LogP contribution in [0.4, 0.5) is 0 Å². The number of rotatable bonds is 3. The molecule has 1 atom stereocenters. The van der Waals surface area contributed by atoms with E-state index in [0.717, 1.165) is 30.4 Å². The van der Waals surface area contributed by atoms with Crippen LogP contribution in [-0.2, 0) is 17.1 Å². The van der Waals surface area contributed by atoms with E-state index in [1.54, 1.807) is 16.7 Å². The Kier molecular flexibility index (Phi) is 4.25. The van der Waals surface area contributed by atoms with Crippen LogP contribution in [0.15, 0.2) is 29.4 Å². The van der Waals surface area contributed by atoms with E-state index in [-0.39, 0.29) is 6.04 Å². The summed E-state index contributed by atoms with van der Waals surface area (Å²) in [6.45, 7) is 4.27. The zero-order valence-corrected chi connectivity index (χ0v) is 14.5. The molecule has 7 heteroatoms. The molecule has 1 aliphatic heterocycles. The second-order valence-electron chi connectivity index (χ2n) is 6.20. The summed E-state index contributed by atoms with van der Waals surface area (Å²) in [5, 5.41) is 8.05. The van der Waals surface area contributed by atoms with Crippen LogP contribution in [0.1, 0.15) is 42.3 Å². The SMILES string of the molecule is Cc1ccc(C)c(S(=O)(=O)N2CCCCC2c2nncn2C)c1. The molecule has 0 aliphatic carbocycles. The summed E-state index contributed by atoms with van der Waals surface area (Å²) in [6.07, 6.45) is 4.26. The maximum absolute atomic E-state index is 13.2. The van der Waals surface area contributed by atoms with Gasteiger partial charge in [-0.25, -0.2) is 8.42 Å². The Bertz CT molecular complexity index is 813. The molecule has 0 amide bonds. The third kappa shape index (κ3) is 2.90. The number of aromatic nitrogens is 3. The second kappa shape index (κ2) is 6.05. The van der Waals surface area contributed by atoms with Crippen molar-refractivity contribution in [2.75, 3.05) is 6.54 Å². The second-order valence-corrected chi connectivity index (χ2v) is 8.06. The topological polar surface area (TPSA) is 68.1 Å². The molecule has 1 aromatic heterocycles. The van der Waals surface area contributed by atoms with Crippen LogP contribution in [0.2, 0.25) is 0 Å². The Morgan fingerprint density at radius 1 is 1.22 bits per heavy atom. The van der Waals surface area contributed by atoms with E-state index in [2.05, 4.69) is 10.2 Å². The lowest BCUT2D eigenvalue weighted by atomic mass is 10.0. The fraction of sp³-hybridized carbons (Fsp3) is 0.500. The lowest BCUT2D eigenvalue weighted by Crippen LogP contribution is -2.39. The smallest absolute Gasteiger partial charge is 0.244 e. The van der Waals surface area contributed by atoms with E-state index in [9.17, 15) is 8.42 Å². The van der Waals surface area contributed by atoms with Gasteiger partial charge < -0.3 is 4.57 Å². The average Bonchev–Trinajstić information content (AvgIpc) is 2.95. The maximum Gasteiger partial charge on any atom is 0.244 e. The van der Waals surface area contributed by atoms with Crippen molar-refractivity contribution < 1.29 is 8.42 Å². The van der Waals surface area contributed by atoms with Crippen LogP contribution in [-0.4, -0.2) is 34.0 Å². The van der Waals surface area contributed by atoms with Gasteiger partial charge in [0, 0.05) is 13.6 Å². The molecule has 0 spiro atoms. The molecule has 0 N–H and O–H groups in total. The van der Waals surface area contributed by atoms with Crippen molar-refractivity contribution in [3.05, 3.63) is 41.5 Å². The predicted molar refractivity (Wildman–Crippen MR) is 87.4 cm³/mol. The third-order valence-electron chi connectivity index (χ3n) is 4.43. The van der Waals surface area contributed by atoms with E-state index in [0.29, 0.717) is 17.3 Å². The maximum atomic E-state index is 13.2. The van der Waals surface area contributed by atoms with E-state index in [1.165, 1.54) is 0 Å². The standard InChI is InChI=1S/C16H22N4O2S/c1-12-7-8-13(2)15(10-12)23(21,22)20-9-5-4-6-14(20)16-18-17-11-19(16)3/h7-8,10-11,14H,4-6,9H2,1-3H3. The van der Waals surface area contributed by atoms with Crippen molar-refractivity contribution in [3.8, 4) is 0 Å². The number of hydrogen-bond acceptors (Lipinski definition) is 4. The summed E-state index contributed by atoms with van der Waals surface area (Å²) >= 11 is 0. The molecule has 1 unspecified atom stereocenters. The highest BCUT2D eigenvalue weighted by Gasteiger charge is 2.37. The molecular weight excluding hydrogens is 312 g/mol. The first-order valence-electron chi connectivity index (χ1n) is 7.84. The number of sulfonamides is 1. The molecule has 1 aliphatic rings. The van der Waals surface area contributed by atoms with E-state index < -0.39 is 10.0 Å². The van der Waals surface area contributed by atoms with Crippen LogP contribution in [0.3, 0.4) is 0 Å². The Balaban J connectivity index is 2.06. The van der Waals surface area contributed by atoms with Crippen molar-refractivity contribution in [2.45, 2.75) is 44.0 Å². The van der Waals surface area contributed by atoms with Gasteiger partial charge in [0.25, 0.3) is 0 Å². The molecule has 6 nitrogen and oxygen atoms in total. The fourth-order valence-corrected chi connectivity index (χ4v) is 5.12. The lowest BCUT2D eigenvalue weighted by Gasteiger charge is -2.34. The Morgan fingerprint density at radius 2 is 2.00 bits per heavy atom. The summed E-state index contributed by atoms with van der Waals surface area (Å²) in [6, 6.07) is 5.31. The summed E-state index contributed by atoms with van der Waals surface area (Å²) < 4.78 is 29.9. The van der Waals surface area contributed by atoms with Gasteiger partial charge in [0.15, 0.2) is 5.82 Å². The van der Waals surface area contributed by atoms with Gasteiger partial charge in [-0.3, -0.25) is 0 Å². The highest BCUT2D eigenvalue weighted by atomic mass is 32.2. The Morgan fingerprint density at radius 3 is 2.70 bits per heavy atom. The monoisotopic (exact) mass is 334 g/mol. The zero-order valence-electron chi connectivity index (χ0n) is 13.7. The van der Waals surface area contributed by atoms with Crippen molar-refractivity contribution >= 4 is 10.0 Å².